The predicted octanol–water partition coefficient (Wildman–Crippen LogP) is 2.12. The number of ether oxygens (including phenoxy) is 1. The van der Waals surface area contributed by atoms with E-state index in [0.717, 1.165) is 38.2 Å². The smallest absolute Gasteiger partial charge is 0.243 e. The van der Waals surface area contributed by atoms with Gasteiger partial charge >= 0.3 is 0 Å². The van der Waals surface area contributed by atoms with E-state index in [4.69, 9.17) is 4.74 Å². The van der Waals surface area contributed by atoms with E-state index >= 15 is 0 Å². The van der Waals surface area contributed by atoms with Crippen molar-refractivity contribution in [2.45, 2.75) is 37.1 Å². The number of likely N-dealkylation sites (N-methyl/N-ethyl adjacent to an activating group) is 1. The number of rotatable bonds is 5. The molecule has 2 saturated heterocycles. The van der Waals surface area contributed by atoms with E-state index in [2.05, 4.69) is 11.9 Å². The molecule has 24 heavy (non-hydrogen) atoms. The van der Waals surface area contributed by atoms with Gasteiger partial charge in [-0.2, -0.15) is 4.31 Å². The zero-order chi connectivity index (χ0) is 17.4. The van der Waals surface area contributed by atoms with Gasteiger partial charge in [0.2, 0.25) is 10.0 Å². The Morgan fingerprint density at radius 2 is 2.00 bits per heavy atom. The molecule has 1 unspecified atom stereocenters. The molecule has 5 nitrogen and oxygen atoms in total. The molecular weight excluding hydrogens is 324 g/mol. The highest BCUT2D eigenvalue weighted by atomic mass is 32.2. The molecule has 3 rings (SSSR count). The van der Waals surface area contributed by atoms with E-state index < -0.39 is 10.0 Å². The number of likely N-dealkylation sites (tertiary alicyclic amines) is 1. The van der Waals surface area contributed by atoms with Crippen molar-refractivity contribution in [3.05, 3.63) is 29.8 Å². The largest absolute Gasteiger partial charge is 0.381 e. The maximum absolute atomic E-state index is 12.9. The average Bonchev–Trinajstić information content (AvgIpc) is 2.52. The monoisotopic (exact) mass is 352 g/mol. The molecule has 1 atom stereocenters. The van der Waals surface area contributed by atoms with Crippen LogP contribution in [0.1, 0.15) is 25.3 Å². The van der Waals surface area contributed by atoms with Gasteiger partial charge in [0.1, 0.15) is 0 Å². The first kappa shape index (κ1) is 17.9. The third-order valence-electron chi connectivity index (χ3n) is 5.56. The summed E-state index contributed by atoms with van der Waals surface area (Å²) in [4.78, 5) is 2.78. The van der Waals surface area contributed by atoms with Crippen LogP contribution in [0.25, 0.3) is 0 Å². The Bertz CT molecular complexity index is 681. The van der Waals surface area contributed by atoms with Gasteiger partial charge in [0.15, 0.2) is 0 Å². The van der Waals surface area contributed by atoms with E-state index in [-0.39, 0.29) is 5.54 Å². The van der Waals surface area contributed by atoms with Crippen molar-refractivity contribution >= 4 is 10.0 Å². The van der Waals surface area contributed by atoms with Gasteiger partial charge in [0.05, 0.1) is 4.90 Å². The lowest BCUT2D eigenvalue weighted by atomic mass is 9.77. The number of sulfonamides is 1. The minimum absolute atomic E-state index is 0.0181. The molecule has 2 heterocycles. The van der Waals surface area contributed by atoms with Crippen LogP contribution >= 0.6 is 0 Å². The molecule has 0 amide bonds. The van der Waals surface area contributed by atoms with Gasteiger partial charge < -0.3 is 4.74 Å². The van der Waals surface area contributed by atoms with Crippen LogP contribution in [0.4, 0.5) is 0 Å². The van der Waals surface area contributed by atoms with E-state index in [9.17, 15) is 8.42 Å². The van der Waals surface area contributed by atoms with Crippen LogP contribution in [0, 0.1) is 12.8 Å². The third kappa shape index (κ3) is 3.12. The summed E-state index contributed by atoms with van der Waals surface area (Å²) >= 11 is 0. The molecule has 0 aliphatic carbocycles. The van der Waals surface area contributed by atoms with Crippen LogP contribution in [0.5, 0.6) is 0 Å². The molecule has 0 saturated carbocycles. The van der Waals surface area contributed by atoms with Crippen LogP contribution < -0.4 is 0 Å². The van der Waals surface area contributed by atoms with Gasteiger partial charge in [0.25, 0.3) is 0 Å². The first-order valence-electron chi connectivity index (χ1n) is 8.74. The second-order valence-corrected chi connectivity index (χ2v) is 9.11. The Balaban J connectivity index is 1.72. The molecule has 1 aromatic rings. The minimum atomic E-state index is -3.39. The molecule has 2 aliphatic heterocycles. The van der Waals surface area contributed by atoms with Gasteiger partial charge in [-0.1, -0.05) is 18.2 Å². The van der Waals surface area contributed by atoms with Crippen LogP contribution in [-0.2, 0) is 14.8 Å². The number of hydrogen-bond donors (Lipinski definition) is 0. The van der Waals surface area contributed by atoms with Gasteiger partial charge in [-0.15, -0.1) is 0 Å². The van der Waals surface area contributed by atoms with Crippen molar-refractivity contribution in [1.82, 2.24) is 9.21 Å². The molecule has 0 N–H and O–H groups in total. The topological polar surface area (TPSA) is 49.9 Å². The molecule has 2 fully saturated rings. The second-order valence-electron chi connectivity index (χ2n) is 7.20. The summed E-state index contributed by atoms with van der Waals surface area (Å²) in [5.41, 5.74) is 0.792. The number of hydrogen-bond acceptors (Lipinski definition) is 4. The van der Waals surface area contributed by atoms with Gasteiger partial charge in [-0.3, -0.25) is 4.90 Å². The fraction of sp³-hybridized carbons (Fsp3) is 0.667. The van der Waals surface area contributed by atoms with E-state index in [1.54, 1.807) is 16.4 Å². The summed E-state index contributed by atoms with van der Waals surface area (Å²) in [5, 5.41) is 0. The number of aryl methyl sites for hydroxylation is 1. The lowest BCUT2D eigenvalue weighted by molar-refractivity contribution is -0.0577. The summed E-state index contributed by atoms with van der Waals surface area (Å²) in [5.74, 6) is 0.532. The maximum Gasteiger partial charge on any atom is 0.243 e. The van der Waals surface area contributed by atoms with E-state index in [1.165, 1.54) is 0 Å². The van der Waals surface area contributed by atoms with Crippen molar-refractivity contribution in [1.29, 1.82) is 0 Å². The Morgan fingerprint density at radius 3 is 2.67 bits per heavy atom. The summed E-state index contributed by atoms with van der Waals surface area (Å²) < 4.78 is 33.0. The Kier molecular flexibility index (Phi) is 5.02. The van der Waals surface area contributed by atoms with Crippen LogP contribution in [0.3, 0.4) is 0 Å². The van der Waals surface area contributed by atoms with Crippen LogP contribution in [-0.4, -0.2) is 63.1 Å². The molecule has 1 spiro atoms. The molecule has 0 radical (unpaired) electrons. The van der Waals surface area contributed by atoms with Crippen molar-refractivity contribution in [3.63, 3.8) is 0 Å². The zero-order valence-corrected chi connectivity index (χ0v) is 15.7. The molecule has 1 aromatic carbocycles. The summed E-state index contributed by atoms with van der Waals surface area (Å²) in [6.07, 6.45) is 2.14. The van der Waals surface area contributed by atoms with E-state index in [1.807, 2.05) is 26.0 Å². The van der Waals surface area contributed by atoms with Crippen molar-refractivity contribution < 1.29 is 13.2 Å². The number of nitrogens with zero attached hydrogens (tertiary/aromatic N) is 2. The Morgan fingerprint density at radius 1 is 1.29 bits per heavy atom. The number of benzene rings is 1. The third-order valence-corrected chi connectivity index (χ3v) is 7.51. The Hall–Kier alpha value is -0.950. The van der Waals surface area contributed by atoms with Gasteiger partial charge in [-0.25, -0.2) is 8.42 Å². The molecule has 2 aliphatic rings. The standard InChI is InChI=1S/C18H28N2O3S/c1-4-23-12-16-9-10-19(3)18(11-16)13-20(14-18)24(21,22)17-8-6-5-7-15(17)2/h5-8,16H,4,9-14H2,1-3H3. The highest BCUT2D eigenvalue weighted by molar-refractivity contribution is 7.89. The molecular formula is C18H28N2O3S. The maximum atomic E-state index is 12.9. The molecule has 0 bridgehead atoms. The highest BCUT2D eigenvalue weighted by Gasteiger charge is 2.53. The lowest BCUT2D eigenvalue weighted by Gasteiger charge is -2.57. The van der Waals surface area contributed by atoms with Gasteiger partial charge in [0, 0.05) is 31.8 Å². The summed E-state index contributed by atoms with van der Waals surface area (Å²) in [6.45, 7) is 7.59. The first-order chi connectivity index (χ1) is 11.4. The van der Waals surface area contributed by atoms with Crippen molar-refractivity contribution in [2.24, 2.45) is 5.92 Å². The minimum Gasteiger partial charge on any atom is -0.381 e. The summed E-state index contributed by atoms with van der Waals surface area (Å²) in [7, 11) is -1.27. The Labute approximate surface area is 145 Å². The summed E-state index contributed by atoms with van der Waals surface area (Å²) in [6, 6.07) is 7.23. The van der Waals surface area contributed by atoms with E-state index in [0.29, 0.717) is 23.9 Å². The fourth-order valence-electron chi connectivity index (χ4n) is 3.97. The predicted molar refractivity (Wildman–Crippen MR) is 94.5 cm³/mol. The van der Waals surface area contributed by atoms with Crippen LogP contribution in [0.2, 0.25) is 0 Å². The quantitative estimate of drug-likeness (QED) is 0.814. The van der Waals surface area contributed by atoms with Crippen LogP contribution in [0.15, 0.2) is 29.2 Å². The lowest BCUT2D eigenvalue weighted by Crippen LogP contribution is -2.72. The van der Waals surface area contributed by atoms with Crippen molar-refractivity contribution in [2.75, 3.05) is 39.9 Å². The van der Waals surface area contributed by atoms with Crippen molar-refractivity contribution in [3.8, 4) is 0 Å². The average molecular weight is 353 g/mol. The molecule has 0 aromatic heterocycles. The molecule has 6 heteroatoms. The zero-order valence-electron chi connectivity index (χ0n) is 14.9. The SMILES string of the molecule is CCOCC1CCN(C)C2(C1)CN(S(=O)(=O)c1ccccc1C)C2. The van der Waals surface area contributed by atoms with Gasteiger partial charge in [-0.05, 0) is 57.8 Å². The highest BCUT2D eigenvalue weighted by Crippen LogP contribution is 2.40. The first-order valence-corrected chi connectivity index (χ1v) is 10.2. The second kappa shape index (κ2) is 6.75. The number of piperidine rings is 1. The molecule has 134 valence electrons. The normalized spacial score (nSPS) is 24.9. The fourth-order valence-corrected chi connectivity index (χ4v) is 5.80.